The number of fused-ring (bicyclic) bond motifs is 1. The Balaban J connectivity index is 1.69. The SMILES string of the molecule is Cc1c(C)c2c(c(C)c1O)CCC(C)(C(=O)N(C)Cc1c(N)n(-c3ccccc3)c(=O)n(C)c1=O)O2. The Labute approximate surface area is 209 Å². The smallest absolute Gasteiger partial charge is 0.336 e. The highest BCUT2D eigenvalue weighted by Gasteiger charge is 2.42. The monoisotopic (exact) mass is 492 g/mol. The van der Waals surface area contributed by atoms with Gasteiger partial charge in [0.05, 0.1) is 17.8 Å². The van der Waals surface area contributed by atoms with Gasteiger partial charge in [0, 0.05) is 26.1 Å². The fourth-order valence-corrected chi connectivity index (χ4v) is 4.87. The van der Waals surface area contributed by atoms with Gasteiger partial charge in [-0.1, -0.05) is 18.2 Å². The van der Waals surface area contributed by atoms with Crippen molar-refractivity contribution >= 4 is 11.7 Å². The number of phenolic OH excluding ortho intramolecular Hbond substituents is 1. The number of nitrogens with two attached hydrogens (primary N) is 1. The van der Waals surface area contributed by atoms with Crippen molar-refractivity contribution in [3.63, 3.8) is 0 Å². The molecule has 0 saturated heterocycles. The third kappa shape index (κ3) is 3.84. The van der Waals surface area contributed by atoms with Crippen molar-refractivity contribution < 1.29 is 14.6 Å². The molecule has 2 aromatic carbocycles. The van der Waals surface area contributed by atoms with Crippen LogP contribution in [0.2, 0.25) is 0 Å². The number of aromatic nitrogens is 2. The van der Waals surface area contributed by atoms with Crippen molar-refractivity contribution in [3.05, 3.63) is 79.0 Å². The molecule has 0 bridgehead atoms. The summed E-state index contributed by atoms with van der Waals surface area (Å²) in [5.74, 6) is 0.550. The van der Waals surface area contributed by atoms with Crippen LogP contribution in [0.1, 0.15) is 41.2 Å². The van der Waals surface area contributed by atoms with Gasteiger partial charge in [-0.3, -0.25) is 14.2 Å². The maximum absolute atomic E-state index is 13.6. The molecule has 0 fully saturated rings. The molecule has 4 rings (SSSR count). The van der Waals surface area contributed by atoms with Crippen LogP contribution in [-0.4, -0.2) is 37.7 Å². The van der Waals surface area contributed by atoms with Crippen molar-refractivity contribution in [3.8, 4) is 17.2 Å². The van der Waals surface area contributed by atoms with E-state index < -0.39 is 16.9 Å². The van der Waals surface area contributed by atoms with Gasteiger partial charge in [0.2, 0.25) is 0 Å². The van der Waals surface area contributed by atoms with E-state index in [2.05, 4.69) is 0 Å². The fourth-order valence-electron chi connectivity index (χ4n) is 4.87. The second-order valence-electron chi connectivity index (χ2n) is 9.71. The lowest BCUT2D eigenvalue weighted by Gasteiger charge is -2.38. The summed E-state index contributed by atoms with van der Waals surface area (Å²) in [6.07, 6.45) is 0.970. The van der Waals surface area contributed by atoms with Gasteiger partial charge in [-0.05, 0) is 62.9 Å². The predicted octanol–water partition coefficient (Wildman–Crippen LogP) is 2.49. The molecule has 0 aliphatic carbocycles. The molecule has 0 saturated carbocycles. The summed E-state index contributed by atoms with van der Waals surface area (Å²) in [5.41, 5.74) is 7.88. The number of carbonyl (C=O) groups excluding carboxylic acids is 1. The molecule has 1 unspecified atom stereocenters. The molecular weight excluding hydrogens is 460 g/mol. The number of phenols is 1. The van der Waals surface area contributed by atoms with E-state index in [-0.39, 0.29) is 29.6 Å². The number of hydrogen-bond donors (Lipinski definition) is 2. The first-order valence-corrected chi connectivity index (χ1v) is 11.8. The standard InChI is InChI=1S/C27H32N4O5/c1-15-16(2)22-19(17(3)21(15)32)12-13-27(4,36-22)25(34)29(5)14-20-23(28)31(18-10-8-7-9-11-18)26(35)30(6)24(20)33/h7-11,32H,12-14,28H2,1-6H3. The molecule has 9 heteroatoms. The first-order chi connectivity index (χ1) is 16.9. The van der Waals surface area contributed by atoms with Gasteiger partial charge >= 0.3 is 5.69 Å². The third-order valence-electron chi connectivity index (χ3n) is 7.32. The average molecular weight is 493 g/mol. The minimum atomic E-state index is -1.17. The van der Waals surface area contributed by atoms with Crippen LogP contribution in [0.5, 0.6) is 11.5 Å². The van der Waals surface area contributed by atoms with E-state index in [1.807, 2.05) is 26.8 Å². The Morgan fingerprint density at radius 2 is 1.78 bits per heavy atom. The number of anilines is 1. The molecule has 3 aromatic rings. The Bertz CT molecular complexity index is 1490. The molecular formula is C27H32N4O5. The molecule has 1 aliphatic rings. The highest BCUT2D eigenvalue weighted by atomic mass is 16.5. The molecule has 0 spiro atoms. The summed E-state index contributed by atoms with van der Waals surface area (Å²) < 4.78 is 8.57. The molecule has 36 heavy (non-hydrogen) atoms. The lowest BCUT2D eigenvalue weighted by Crippen LogP contribution is -2.52. The number of likely N-dealkylation sites (N-methyl/N-ethyl adjacent to an activating group) is 1. The van der Waals surface area contributed by atoms with E-state index in [1.54, 1.807) is 38.2 Å². The molecule has 0 radical (unpaired) electrons. The fraction of sp³-hybridized carbons (Fsp3) is 0.370. The number of rotatable bonds is 4. The van der Waals surface area contributed by atoms with Gasteiger partial charge in [-0.25, -0.2) is 9.36 Å². The van der Waals surface area contributed by atoms with Gasteiger partial charge in [0.1, 0.15) is 17.3 Å². The largest absolute Gasteiger partial charge is 0.507 e. The number of carbonyl (C=O) groups is 1. The summed E-state index contributed by atoms with van der Waals surface area (Å²) in [4.78, 5) is 40.9. The summed E-state index contributed by atoms with van der Waals surface area (Å²) in [5, 5.41) is 10.4. The van der Waals surface area contributed by atoms with Gasteiger partial charge < -0.3 is 20.5 Å². The van der Waals surface area contributed by atoms with Crippen LogP contribution < -0.4 is 21.7 Å². The van der Waals surface area contributed by atoms with Crippen LogP contribution in [0.4, 0.5) is 5.82 Å². The third-order valence-corrected chi connectivity index (χ3v) is 7.32. The zero-order chi connectivity index (χ0) is 26.5. The number of nitrogens with zero attached hydrogens (tertiary/aromatic N) is 3. The second-order valence-corrected chi connectivity index (χ2v) is 9.71. The number of amides is 1. The molecule has 3 N–H and O–H groups in total. The number of hydrogen-bond acceptors (Lipinski definition) is 6. The van der Waals surface area contributed by atoms with E-state index in [0.29, 0.717) is 24.3 Å². The summed E-state index contributed by atoms with van der Waals surface area (Å²) in [6.45, 7) is 7.17. The van der Waals surface area contributed by atoms with Crippen LogP contribution in [0.15, 0.2) is 39.9 Å². The van der Waals surface area contributed by atoms with Crippen molar-refractivity contribution in [1.82, 2.24) is 14.0 Å². The highest BCUT2D eigenvalue weighted by Crippen LogP contribution is 2.43. The van der Waals surface area contributed by atoms with Crippen molar-refractivity contribution in [2.24, 2.45) is 7.05 Å². The topological polar surface area (TPSA) is 120 Å². The number of nitrogen functional groups attached to an aromatic ring is 1. The van der Waals surface area contributed by atoms with E-state index >= 15 is 0 Å². The summed E-state index contributed by atoms with van der Waals surface area (Å²) >= 11 is 0. The average Bonchev–Trinajstić information content (AvgIpc) is 2.87. The normalized spacial score (nSPS) is 16.8. The second kappa shape index (κ2) is 8.89. The van der Waals surface area contributed by atoms with Crippen LogP contribution in [0.25, 0.3) is 5.69 Å². The summed E-state index contributed by atoms with van der Waals surface area (Å²) in [7, 11) is 2.98. The molecule has 190 valence electrons. The maximum atomic E-state index is 13.6. The van der Waals surface area contributed by atoms with Gasteiger partial charge in [0.15, 0.2) is 5.60 Å². The van der Waals surface area contributed by atoms with Gasteiger partial charge in [-0.2, -0.15) is 0 Å². The van der Waals surface area contributed by atoms with E-state index in [1.165, 1.54) is 16.5 Å². The van der Waals surface area contributed by atoms with Crippen molar-refractivity contribution in [1.29, 1.82) is 0 Å². The van der Waals surface area contributed by atoms with Crippen LogP contribution in [0, 0.1) is 20.8 Å². The lowest BCUT2D eigenvalue weighted by molar-refractivity contribution is -0.147. The van der Waals surface area contributed by atoms with Crippen LogP contribution in [-0.2, 0) is 24.8 Å². The minimum Gasteiger partial charge on any atom is -0.507 e. The minimum absolute atomic E-state index is 0.00780. The molecule has 9 nitrogen and oxygen atoms in total. The maximum Gasteiger partial charge on any atom is 0.336 e. The van der Waals surface area contributed by atoms with Crippen LogP contribution >= 0.6 is 0 Å². The Kier molecular flexibility index (Phi) is 6.20. The first kappa shape index (κ1) is 25.1. The van der Waals surface area contributed by atoms with E-state index in [9.17, 15) is 19.5 Å². The molecule has 2 heterocycles. The number of benzene rings is 2. The van der Waals surface area contributed by atoms with E-state index in [4.69, 9.17) is 10.5 Å². The lowest BCUT2D eigenvalue weighted by atomic mass is 9.86. The van der Waals surface area contributed by atoms with E-state index in [0.717, 1.165) is 26.8 Å². The van der Waals surface area contributed by atoms with Gasteiger partial charge in [0.25, 0.3) is 11.5 Å². The number of ether oxygens (including phenoxy) is 1. The molecule has 1 amide bonds. The Morgan fingerprint density at radius 1 is 1.14 bits per heavy atom. The van der Waals surface area contributed by atoms with Crippen molar-refractivity contribution in [2.45, 2.75) is 52.7 Å². The zero-order valence-electron chi connectivity index (χ0n) is 21.5. The van der Waals surface area contributed by atoms with Gasteiger partial charge in [-0.15, -0.1) is 0 Å². The number of aromatic hydroxyl groups is 1. The number of para-hydroxylation sites is 1. The Hall–Kier alpha value is -4.01. The zero-order valence-corrected chi connectivity index (χ0v) is 21.5. The predicted molar refractivity (Wildman–Crippen MR) is 138 cm³/mol. The Morgan fingerprint density at radius 3 is 2.42 bits per heavy atom. The molecule has 1 aromatic heterocycles. The molecule has 1 aliphatic heterocycles. The quantitative estimate of drug-likeness (QED) is 0.578. The first-order valence-electron chi connectivity index (χ1n) is 11.8. The molecule has 1 atom stereocenters. The summed E-state index contributed by atoms with van der Waals surface area (Å²) in [6, 6.07) is 8.80. The highest BCUT2D eigenvalue weighted by molar-refractivity contribution is 5.86. The van der Waals surface area contributed by atoms with Crippen molar-refractivity contribution in [2.75, 3.05) is 12.8 Å². The van der Waals surface area contributed by atoms with Crippen LogP contribution in [0.3, 0.4) is 0 Å².